The minimum absolute atomic E-state index is 0.147. The molecule has 0 fully saturated rings. The molecule has 1 atom stereocenters. The van der Waals surface area contributed by atoms with Crippen LogP contribution in [0.3, 0.4) is 0 Å². The van der Waals surface area contributed by atoms with Crippen LogP contribution in [0.2, 0.25) is 0 Å². The van der Waals surface area contributed by atoms with Crippen LogP contribution >= 0.6 is 0 Å². The van der Waals surface area contributed by atoms with Crippen LogP contribution < -0.4 is 20.1 Å². The molecule has 0 saturated heterocycles. The maximum atomic E-state index is 13.7. The molecule has 4 rings (SSSR count). The first-order valence-electron chi connectivity index (χ1n) is 11.7. The lowest BCUT2D eigenvalue weighted by molar-refractivity contribution is -0.140. The highest BCUT2D eigenvalue weighted by atomic mass is 19.1. The Labute approximate surface area is 218 Å². The van der Waals surface area contributed by atoms with Crippen molar-refractivity contribution in [2.75, 3.05) is 14.2 Å². The van der Waals surface area contributed by atoms with Gasteiger partial charge in [-0.25, -0.2) is 19.0 Å². The van der Waals surface area contributed by atoms with Gasteiger partial charge >= 0.3 is 12.0 Å². The minimum atomic E-state index is -0.830. The number of carbonyl (C=O) groups excluding carboxylic acids is 2. The van der Waals surface area contributed by atoms with Gasteiger partial charge in [-0.2, -0.15) is 5.26 Å². The fourth-order valence-electron chi connectivity index (χ4n) is 4.03. The van der Waals surface area contributed by atoms with Crippen molar-refractivity contribution >= 4 is 12.0 Å². The Balaban J connectivity index is 1.64. The van der Waals surface area contributed by atoms with E-state index >= 15 is 0 Å². The zero-order valence-electron chi connectivity index (χ0n) is 20.8. The quantitative estimate of drug-likeness (QED) is 0.411. The van der Waals surface area contributed by atoms with E-state index in [0.717, 1.165) is 17.4 Å². The van der Waals surface area contributed by atoms with Crippen molar-refractivity contribution in [3.05, 3.63) is 100 Å². The Morgan fingerprint density at radius 2 is 1.82 bits per heavy atom. The molecule has 2 aromatic carbocycles. The van der Waals surface area contributed by atoms with Crippen molar-refractivity contribution in [3.8, 4) is 17.7 Å². The van der Waals surface area contributed by atoms with E-state index < -0.39 is 23.9 Å². The molecule has 1 aliphatic heterocycles. The number of rotatable bonds is 9. The topological polar surface area (TPSA) is 123 Å². The molecule has 2 N–H and O–H groups in total. The largest absolute Gasteiger partial charge is 0.497 e. The lowest BCUT2D eigenvalue weighted by Gasteiger charge is -2.29. The highest BCUT2D eigenvalue weighted by Gasteiger charge is 2.34. The van der Waals surface area contributed by atoms with Gasteiger partial charge < -0.3 is 24.8 Å². The highest BCUT2D eigenvalue weighted by Crippen LogP contribution is 2.30. The van der Waals surface area contributed by atoms with Gasteiger partial charge in [0.15, 0.2) is 0 Å². The molecule has 2 amide bonds. The fraction of sp³-hybridized carbons (Fsp3) is 0.214. The van der Waals surface area contributed by atoms with Gasteiger partial charge in [-0.15, -0.1) is 0 Å². The van der Waals surface area contributed by atoms with Crippen molar-refractivity contribution < 1.29 is 28.2 Å². The third kappa shape index (κ3) is 6.07. The number of amides is 2. The number of nitrogens with one attached hydrogen (secondary N) is 2. The second-order valence-corrected chi connectivity index (χ2v) is 8.41. The van der Waals surface area contributed by atoms with E-state index in [9.17, 15) is 14.0 Å². The summed E-state index contributed by atoms with van der Waals surface area (Å²) in [5.74, 6) is -0.227. The number of halogens is 1. The molecular weight excluding hydrogens is 491 g/mol. The summed E-state index contributed by atoms with van der Waals surface area (Å²) < 4.78 is 29.6. The standard InChI is InChI=1S/C28H25FN4O5/c1-36-21-8-3-17(4-9-21)6-11-23-25(27(34)38-16-18-5-10-22(29)20(13-18)14-30)26(33-28(35)32-23)19-7-12-24(37-2)31-15-19/h3-5,7-10,12-13,15,26H,6,11,16H2,1-2H3,(H2,32,33,35). The number of allylic oxidation sites excluding steroid dienone is 1. The highest BCUT2D eigenvalue weighted by molar-refractivity contribution is 5.95. The molecule has 1 unspecified atom stereocenters. The SMILES string of the molecule is COc1ccc(CCC2=C(C(=O)OCc3ccc(F)c(C#N)c3)C(c3ccc(OC)nc3)NC(=O)N2)cc1. The number of pyridine rings is 1. The summed E-state index contributed by atoms with van der Waals surface area (Å²) >= 11 is 0. The fourth-order valence-corrected chi connectivity index (χ4v) is 4.03. The van der Waals surface area contributed by atoms with Crippen LogP contribution in [0.1, 0.15) is 34.7 Å². The van der Waals surface area contributed by atoms with Crippen molar-refractivity contribution in [3.63, 3.8) is 0 Å². The van der Waals surface area contributed by atoms with Crippen LogP contribution in [0.15, 0.2) is 72.1 Å². The Kier molecular flexibility index (Phi) is 8.18. The van der Waals surface area contributed by atoms with E-state index in [4.69, 9.17) is 19.5 Å². The molecule has 0 saturated carbocycles. The Morgan fingerprint density at radius 1 is 1.05 bits per heavy atom. The average molecular weight is 517 g/mol. The third-order valence-electron chi connectivity index (χ3n) is 6.02. The molecular formula is C28H25FN4O5. The number of nitrogens with zero attached hydrogens (tertiary/aromatic N) is 2. The molecule has 0 spiro atoms. The number of aromatic nitrogens is 1. The summed E-state index contributed by atoms with van der Waals surface area (Å²) in [5.41, 5.74) is 2.47. The van der Waals surface area contributed by atoms with Gasteiger partial charge in [-0.05, 0) is 59.9 Å². The summed E-state index contributed by atoms with van der Waals surface area (Å²) in [4.78, 5) is 30.2. The molecule has 1 aliphatic rings. The zero-order chi connectivity index (χ0) is 27.1. The summed E-state index contributed by atoms with van der Waals surface area (Å²) in [7, 11) is 3.07. The smallest absolute Gasteiger partial charge is 0.338 e. The molecule has 2 heterocycles. The Morgan fingerprint density at radius 3 is 2.47 bits per heavy atom. The predicted octanol–water partition coefficient (Wildman–Crippen LogP) is 4.09. The Hall–Kier alpha value is -4.91. The number of methoxy groups -OCH3 is 2. The number of nitriles is 1. The van der Waals surface area contributed by atoms with Crippen LogP contribution in [-0.2, 0) is 22.6 Å². The molecule has 3 aromatic rings. The molecule has 9 nitrogen and oxygen atoms in total. The van der Waals surface area contributed by atoms with Crippen molar-refractivity contribution in [2.45, 2.75) is 25.5 Å². The number of ether oxygens (including phenoxy) is 3. The Bertz CT molecular complexity index is 1400. The van der Waals surface area contributed by atoms with Gasteiger partial charge in [-0.3, -0.25) is 0 Å². The summed E-state index contributed by atoms with van der Waals surface area (Å²) in [5, 5.41) is 14.6. The van der Waals surface area contributed by atoms with Crippen LogP contribution in [0.4, 0.5) is 9.18 Å². The second-order valence-electron chi connectivity index (χ2n) is 8.41. The number of carbonyl (C=O) groups is 2. The first-order chi connectivity index (χ1) is 18.4. The first-order valence-corrected chi connectivity index (χ1v) is 11.7. The van der Waals surface area contributed by atoms with E-state index in [0.29, 0.717) is 35.5 Å². The van der Waals surface area contributed by atoms with E-state index in [1.54, 1.807) is 25.3 Å². The van der Waals surface area contributed by atoms with Crippen molar-refractivity contribution in [1.29, 1.82) is 5.26 Å². The first kappa shape index (κ1) is 26.2. The van der Waals surface area contributed by atoms with E-state index in [1.165, 1.54) is 25.4 Å². The number of esters is 1. The van der Waals surface area contributed by atoms with Crippen LogP contribution in [0.5, 0.6) is 11.6 Å². The molecule has 38 heavy (non-hydrogen) atoms. The normalized spacial score (nSPS) is 14.7. The monoisotopic (exact) mass is 516 g/mol. The van der Waals surface area contributed by atoms with Gasteiger partial charge in [0.25, 0.3) is 0 Å². The summed E-state index contributed by atoms with van der Waals surface area (Å²) in [6.07, 6.45) is 2.40. The van der Waals surface area contributed by atoms with Gasteiger partial charge in [-0.1, -0.05) is 18.2 Å². The maximum Gasteiger partial charge on any atom is 0.338 e. The third-order valence-corrected chi connectivity index (χ3v) is 6.02. The number of hydrogen-bond acceptors (Lipinski definition) is 7. The van der Waals surface area contributed by atoms with Crippen LogP contribution in [0.25, 0.3) is 0 Å². The minimum Gasteiger partial charge on any atom is -0.497 e. The maximum absolute atomic E-state index is 13.7. The number of urea groups is 1. The van der Waals surface area contributed by atoms with Gasteiger partial charge in [0, 0.05) is 18.0 Å². The predicted molar refractivity (Wildman–Crippen MR) is 134 cm³/mol. The second kappa shape index (κ2) is 11.9. The van der Waals surface area contributed by atoms with E-state index in [2.05, 4.69) is 15.6 Å². The average Bonchev–Trinajstić information content (AvgIpc) is 2.95. The van der Waals surface area contributed by atoms with Crippen molar-refractivity contribution in [2.24, 2.45) is 0 Å². The molecule has 1 aromatic heterocycles. The molecule has 194 valence electrons. The zero-order valence-corrected chi connectivity index (χ0v) is 20.8. The molecule has 0 bridgehead atoms. The lowest BCUT2D eigenvalue weighted by Crippen LogP contribution is -2.46. The van der Waals surface area contributed by atoms with E-state index in [-0.39, 0.29) is 17.7 Å². The molecule has 10 heteroatoms. The molecule has 0 radical (unpaired) electrons. The summed E-state index contributed by atoms with van der Waals surface area (Å²) in [6, 6.07) is 15.2. The van der Waals surface area contributed by atoms with Gasteiger partial charge in [0.2, 0.25) is 5.88 Å². The summed E-state index contributed by atoms with van der Waals surface area (Å²) in [6.45, 7) is -0.190. The number of hydrogen-bond donors (Lipinski definition) is 2. The van der Waals surface area contributed by atoms with Crippen molar-refractivity contribution in [1.82, 2.24) is 15.6 Å². The van der Waals surface area contributed by atoms with Crippen LogP contribution in [0, 0.1) is 17.1 Å². The van der Waals surface area contributed by atoms with Crippen LogP contribution in [-0.4, -0.2) is 31.2 Å². The van der Waals surface area contributed by atoms with Gasteiger partial charge in [0.1, 0.15) is 24.2 Å². The molecule has 0 aliphatic carbocycles. The number of benzene rings is 2. The van der Waals surface area contributed by atoms with Gasteiger partial charge in [0.05, 0.1) is 31.4 Å². The lowest BCUT2D eigenvalue weighted by atomic mass is 9.94. The van der Waals surface area contributed by atoms with E-state index in [1.807, 2.05) is 24.3 Å². The number of aryl methyl sites for hydroxylation is 1.